The van der Waals surface area contributed by atoms with Crippen LogP contribution >= 0.6 is 22.6 Å². The summed E-state index contributed by atoms with van der Waals surface area (Å²) in [5, 5.41) is 0. The normalized spacial score (nSPS) is 41.4. The topological polar surface area (TPSA) is 0 Å². The Morgan fingerprint density at radius 1 is 1.80 bits per heavy atom. The summed E-state index contributed by atoms with van der Waals surface area (Å²) in [4.78, 5) is 0. The van der Waals surface area contributed by atoms with Gasteiger partial charge in [-0.2, -0.15) is 0 Å². The summed E-state index contributed by atoms with van der Waals surface area (Å²) in [6.07, 6.45) is 1.44. The zero-order chi connectivity index (χ0) is 3.44. The second kappa shape index (κ2) is 0.491. The molecule has 0 bridgehead atoms. The summed E-state index contributed by atoms with van der Waals surface area (Å²) in [6, 6.07) is 0. The van der Waals surface area contributed by atoms with Crippen LogP contribution in [-0.4, -0.2) is 0 Å². The quantitative estimate of drug-likeness (QED) is 0.495. The Morgan fingerprint density at radius 2 is 2.20 bits per heavy atom. The number of allylic oxidation sites excluding steroid dienone is 2. The first-order valence-electron chi connectivity index (χ1n) is 1.78. The molecular formula is C4H3I. The highest BCUT2D eigenvalue weighted by molar-refractivity contribution is 14.1. The van der Waals surface area contributed by atoms with Crippen molar-refractivity contribution in [1.29, 1.82) is 0 Å². The average molecular weight is 178 g/mol. The average Bonchev–Trinajstić information content (AvgIpc) is 2.11. The molecule has 26 valence electrons. The van der Waals surface area contributed by atoms with Crippen LogP contribution in [0, 0.1) is 5.92 Å². The van der Waals surface area contributed by atoms with E-state index >= 15 is 0 Å². The molecule has 0 nitrogen and oxygen atoms in total. The fourth-order valence-corrected chi connectivity index (χ4v) is 1.54. The second-order valence-corrected chi connectivity index (χ2v) is 2.79. The van der Waals surface area contributed by atoms with E-state index in [1.54, 1.807) is 9.15 Å². The largest absolute Gasteiger partial charge is 0.0511 e. The zero-order valence-electron chi connectivity index (χ0n) is 2.66. The Kier molecular flexibility index (Phi) is 0.256. The lowest BCUT2D eigenvalue weighted by Crippen LogP contribution is -1.49. The first-order chi connectivity index (χ1) is 2.39. The third-order valence-corrected chi connectivity index (χ3v) is 2.66. The zero-order valence-corrected chi connectivity index (χ0v) is 4.82. The molecule has 5 heavy (non-hydrogen) atoms. The van der Waals surface area contributed by atoms with E-state index in [1.165, 1.54) is 6.42 Å². The van der Waals surface area contributed by atoms with Gasteiger partial charge in [-0.05, 0) is 32.6 Å². The van der Waals surface area contributed by atoms with Crippen molar-refractivity contribution in [2.24, 2.45) is 5.92 Å². The highest BCUT2D eigenvalue weighted by atomic mass is 127. The number of halogens is 1. The molecule has 0 N–H and O–H groups in total. The van der Waals surface area contributed by atoms with E-state index in [2.05, 4.69) is 22.6 Å². The van der Waals surface area contributed by atoms with Crippen LogP contribution in [0.3, 0.4) is 0 Å². The van der Waals surface area contributed by atoms with E-state index in [0.717, 1.165) is 5.92 Å². The van der Waals surface area contributed by atoms with Gasteiger partial charge in [0.15, 0.2) is 0 Å². The van der Waals surface area contributed by atoms with Gasteiger partial charge in [0, 0.05) is 5.92 Å². The first kappa shape index (κ1) is 2.61. The van der Waals surface area contributed by atoms with Crippen LogP contribution in [0.2, 0.25) is 0 Å². The summed E-state index contributed by atoms with van der Waals surface area (Å²) in [7, 11) is 0. The van der Waals surface area contributed by atoms with Gasteiger partial charge >= 0.3 is 0 Å². The van der Waals surface area contributed by atoms with Crippen LogP contribution in [0.5, 0.6) is 0 Å². The van der Waals surface area contributed by atoms with Crippen LogP contribution in [-0.2, 0) is 0 Å². The Morgan fingerprint density at radius 3 is 2.20 bits per heavy atom. The summed E-state index contributed by atoms with van der Waals surface area (Å²) < 4.78 is 1.66. The van der Waals surface area contributed by atoms with Crippen molar-refractivity contribution in [3.05, 3.63) is 9.15 Å². The molecule has 0 heterocycles. The van der Waals surface area contributed by atoms with E-state index in [1.807, 2.05) is 0 Å². The number of rotatable bonds is 0. The summed E-state index contributed by atoms with van der Waals surface area (Å²) >= 11 is 2.41. The van der Waals surface area contributed by atoms with Crippen molar-refractivity contribution in [2.75, 3.05) is 0 Å². The van der Waals surface area contributed by atoms with E-state index in [4.69, 9.17) is 0 Å². The Bertz CT molecular complexity index is 107. The van der Waals surface area contributed by atoms with Crippen molar-refractivity contribution >= 4 is 22.6 Å². The van der Waals surface area contributed by atoms with E-state index in [9.17, 15) is 0 Å². The Labute approximate surface area is 44.4 Å². The molecule has 0 aromatic heterocycles. The molecular weight excluding hydrogens is 175 g/mol. The van der Waals surface area contributed by atoms with E-state index in [-0.39, 0.29) is 0 Å². The van der Waals surface area contributed by atoms with E-state index < -0.39 is 0 Å². The van der Waals surface area contributed by atoms with Gasteiger partial charge in [0.05, 0.1) is 0 Å². The molecule has 2 aliphatic rings. The third kappa shape index (κ3) is 0.175. The number of hydrogen-bond acceptors (Lipinski definition) is 0. The van der Waals surface area contributed by atoms with Gasteiger partial charge in [0.2, 0.25) is 0 Å². The SMILES string of the molecule is IC1=C2CC12. The molecule has 0 aromatic carbocycles. The molecule has 2 aliphatic carbocycles. The molecule has 2 rings (SSSR count). The van der Waals surface area contributed by atoms with Crippen molar-refractivity contribution in [3.8, 4) is 0 Å². The molecule has 0 saturated heterocycles. The maximum Gasteiger partial charge on any atom is 0.0155 e. The fraction of sp³-hybridized carbons (Fsp3) is 0.500. The van der Waals surface area contributed by atoms with Crippen molar-refractivity contribution in [1.82, 2.24) is 0 Å². The van der Waals surface area contributed by atoms with Gasteiger partial charge in [0.1, 0.15) is 0 Å². The molecule has 1 fully saturated rings. The monoisotopic (exact) mass is 178 g/mol. The molecule has 1 heteroatoms. The van der Waals surface area contributed by atoms with E-state index in [0.29, 0.717) is 0 Å². The molecule has 1 unspecified atom stereocenters. The lowest BCUT2D eigenvalue weighted by molar-refractivity contribution is 1.21. The third-order valence-electron chi connectivity index (χ3n) is 1.21. The first-order valence-corrected chi connectivity index (χ1v) is 2.86. The minimum absolute atomic E-state index is 1.04. The second-order valence-electron chi connectivity index (χ2n) is 1.63. The lowest BCUT2D eigenvalue weighted by Gasteiger charge is -1.67. The smallest absolute Gasteiger partial charge is 0.0155 e. The summed E-state index contributed by atoms with van der Waals surface area (Å²) in [5.74, 6) is 1.04. The fourth-order valence-electron chi connectivity index (χ4n) is 0.504. The molecule has 0 aliphatic heterocycles. The van der Waals surface area contributed by atoms with Gasteiger partial charge in [-0.25, -0.2) is 0 Å². The Hall–Kier alpha value is 0.470. The van der Waals surface area contributed by atoms with Gasteiger partial charge in [-0.15, -0.1) is 0 Å². The number of hydrogen-bond donors (Lipinski definition) is 0. The summed E-state index contributed by atoms with van der Waals surface area (Å²) in [5.41, 5.74) is 1.74. The van der Waals surface area contributed by atoms with Crippen molar-refractivity contribution in [2.45, 2.75) is 6.42 Å². The van der Waals surface area contributed by atoms with Gasteiger partial charge in [-0.3, -0.25) is 0 Å². The van der Waals surface area contributed by atoms with Crippen LogP contribution in [0.15, 0.2) is 9.15 Å². The standard InChI is InChI=1S/C4H3I/c5-4-2-1-3(2)4/h2H,1H2. The molecule has 1 atom stereocenters. The van der Waals surface area contributed by atoms with Gasteiger partial charge < -0.3 is 0 Å². The maximum absolute atomic E-state index is 2.41. The highest BCUT2D eigenvalue weighted by Gasteiger charge is 2.49. The van der Waals surface area contributed by atoms with Crippen LogP contribution in [0.4, 0.5) is 0 Å². The minimum atomic E-state index is 1.04. The maximum atomic E-state index is 2.41. The van der Waals surface area contributed by atoms with Crippen LogP contribution in [0.1, 0.15) is 6.42 Å². The molecule has 0 radical (unpaired) electrons. The van der Waals surface area contributed by atoms with Crippen molar-refractivity contribution in [3.63, 3.8) is 0 Å². The Balaban J connectivity index is 2.55. The van der Waals surface area contributed by atoms with Gasteiger partial charge in [-0.1, -0.05) is 5.57 Å². The number of fused-ring (bicyclic) bond motifs is 1. The molecule has 0 aromatic rings. The molecule has 0 spiro atoms. The highest BCUT2D eigenvalue weighted by Crippen LogP contribution is 2.64. The van der Waals surface area contributed by atoms with Crippen molar-refractivity contribution < 1.29 is 0 Å². The summed E-state index contributed by atoms with van der Waals surface area (Å²) in [6.45, 7) is 0. The molecule has 1 saturated carbocycles. The minimum Gasteiger partial charge on any atom is -0.0511 e. The van der Waals surface area contributed by atoms with Crippen LogP contribution in [0.25, 0.3) is 0 Å². The van der Waals surface area contributed by atoms with Crippen LogP contribution < -0.4 is 0 Å². The molecule has 0 amide bonds. The predicted molar refractivity (Wildman–Crippen MR) is 29.2 cm³/mol. The lowest BCUT2D eigenvalue weighted by atomic mass is 10.6. The predicted octanol–water partition coefficient (Wildman–Crippen LogP) is 1.71. The van der Waals surface area contributed by atoms with Gasteiger partial charge in [0.25, 0.3) is 0 Å².